The number of unbranched alkanes of at least 4 members (excludes halogenated alkanes) is 11. The number of carbonyl (C=O) groups is 1. The third-order valence-corrected chi connectivity index (χ3v) is 12.9. The molecule has 0 aromatic rings. The summed E-state index contributed by atoms with van der Waals surface area (Å²) in [6.45, 7) is 1.49. The molecule has 70 heavy (non-hydrogen) atoms. The number of ether oxygens (including phenoxy) is 6. The summed E-state index contributed by atoms with van der Waals surface area (Å²) in [4.78, 5) is 13.1. The standard InChI is InChI=1S/C51H89NO18/c1-3-5-7-9-10-11-12-13-14-15-16-17-18-19-20-21-22-23-24-25-27-29-39(57)52-34(35(56)28-26-8-6-4-2)33-65-49-45(63)42(60)47(37(31-54)67-49)70-51-46(64)43(61)48(38(32-55)68-51)69-50-44(62)41(59)40(58)36(30-53)66-50/h5,7,10-11,13-14,16-17,34-38,40-51,53-56,58-64H,3-4,6,8-9,12,15,18-33H2,1-2H3,(H,52,57)/b7-5-,11-10-,14-13-,17-16-. The van der Waals surface area contributed by atoms with E-state index in [1.165, 1.54) is 19.3 Å². The molecular formula is C51H89NO18. The van der Waals surface area contributed by atoms with E-state index in [0.29, 0.717) is 19.3 Å². The monoisotopic (exact) mass is 1000 g/mol. The van der Waals surface area contributed by atoms with Crippen LogP contribution in [-0.2, 0) is 33.2 Å². The second-order valence-electron chi connectivity index (χ2n) is 18.6. The zero-order valence-electron chi connectivity index (χ0n) is 41.5. The van der Waals surface area contributed by atoms with Crippen molar-refractivity contribution in [3.8, 4) is 0 Å². The molecule has 3 rings (SSSR count). The molecule has 3 aliphatic rings. The summed E-state index contributed by atoms with van der Waals surface area (Å²) in [7, 11) is 0. The average molecular weight is 1000 g/mol. The Bertz CT molecular complexity index is 1480. The number of allylic oxidation sites excluding steroid dienone is 8. The zero-order chi connectivity index (χ0) is 51.3. The van der Waals surface area contributed by atoms with Crippen LogP contribution in [0.3, 0.4) is 0 Å². The molecule has 3 heterocycles. The first-order chi connectivity index (χ1) is 33.8. The molecule has 0 spiro atoms. The quantitative estimate of drug-likeness (QED) is 0.0319. The smallest absolute Gasteiger partial charge is 0.220 e. The summed E-state index contributed by atoms with van der Waals surface area (Å²) in [5, 5.41) is 119. The van der Waals surface area contributed by atoms with Crippen LogP contribution in [0.15, 0.2) is 48.6 Å². The number of amides is 1. The lowest BCUT2D eigenvalue weighted by molar-refractivity contribution is -0.379. The molecule has 12 N–H and O–H groups in total. The van der Waals surface area contributed by atoms with Gasteiger partial charge in [0.1, 0.15) is 73.2 Å². The maximum atomic E-state index is 13.1. The highest BCUT2D eigenvalue weighted by Crippen LogP contribution is 2.33. The van der Waals surface area contributed by atoms with Gasteiger partial charge in [-0.15, -0.1) is 0 Å². The number of rotatable bonds is 35. The van der Waals surface area contributed by atoms with E-state index in [1.807, 2.05) is 0 Å². The lowest BCUT2D eigenvalue weighted by Gasteiger charge is -2.48. The Kier molecular flexibility index (Phi) is 31.8. The topological polar surface area (TPSA) is 307 Å². The van der Waals surface area contributed by atoms with Crippen LogP contribution in [0.5, 0.6) is 0 Å². The van der Waals surface area contributed by atoms with Crippen molar-refractivity contribution in [2.75, 3.05) is 26.4 Å². The lowest BCUT2D eigenvalue weighted by atomic mass is 9.96. The van der Waals surface area contributed by atoms with Crippen LogP contribution in [0.1, 0.15) is 136 Å². The minimum absolute atomic E-state index is 0.252. The molecule has 0 saturated carbocycles. The molecule has 0 radical (unpaired) electrons. The van der Waals surface area contributed by atoms with Crippen LogP contribution in [0, 0.1) is 0 Å². The molecule has 3 fully saturated rings. The van der Waals surface area contributed by atoms with Crippen LogP contribution < -0.4 is 5.32 Å². The molecule has 3 aliphatic heterocycles. The predicted molar refractivity (Wildman–Crippen MR) is 259 cm³/mol. The molecule has 406 valence electrons. The molecule has 0 aromatic heterocycles. The minimum atomic E-state index is -1.97. The largest absolute Gasteiger partial charge is 0.394 e. The van der Waals surface area contributed by atoms with Gasteiger partial charge in [0.05, 0.1) is 38.6 Å². The Balaban J connectivity index is 1.43. The fraction of sp³-hybridized carbons (Fsp3) is 0.824. The van der Waals surface area contributed by atoms with Crippen LogP contribution in [-0.4, -0.2) is 193 Å². The molecule has 0 aliphatic carbocycles. The van der Waals surface area contributed by atoms with E-state index in [-0.39, 0.29) is 18.9 Å². The molecule has 1 amide bonds. The van der Waals surface area contributed by atoms with Crippen molar-refractivity contribution < 1.29 is 89.4 Å². The van der Waals surface area contributed by atoms with Crippen LogP contribution in [0.25, 0.3) is 0 Å². The number of nitrogens with one attached hydrogen (secondary N) is 1. The van der Waals surface area contributed by atoms with Crippen LogP contribution in [0.4, 0.5) is 0 Å². The van der Waals surface area contributed by atoms with E-state index in [2.05, 4.69) is 67.8 Å². The third kappa shape index (κ3) is 21.3. The molecule has 0 bridgehead atoms. The first-order valence-corrected chi connectivity index (χ1v) is 25.9. The van der Waals surface area contributed by atoms with Gasteiger partial charge in [0.25, 0.3) is 0 Å². The molecule has 19 nitrogen and oxygen atoms in total. The van der Waals surface area contributed by atoms with E-state index in [9.17, 15) is 61.0 Å². The van der Waals surface area contributed by atoms with E-state index in [4.69, 9.17) is 28.4 Å². The van der Waals surface area contributed by atoms with Gasteiger partial charge >= 0.3 is 0 Å². The minimum Gasteiger partial charge on any atom is -0.394 e. The van der Waals surface area contributed by atoms with Gasteiger partial charge in [0.2, 0.25) is 5.91 Å². The van der Waals surface area contributed by atoms with Crippen molar-refractivity contribution in [3.63, 3.8) is 0 Å². The van der Waals surface area contributed by atoms with Crippen molar-refractivity contribution in [2.45, 2.75) is 240 Å². The van der Waals surface area contributed by atoms with E-state index in [0.717, 1.165) is 77.0 Å². The van der Waals surface area contributed by atoms with Gasteiger partial charge in [-0.25, -0.2) is 0 Å². The number of hydrogen-bond acceptors (Lipinski definition) is 18. The first-order valence-electron chi connectivity index (χ1n) is 25.9. The number of aliphatic hydroxyl groups excluding tert-OH is 11. The van der Waals surface area contributed by atoms with Crippen molar-refractivity contribution >= 4 is 5.91 Å². The second kappa shape index (κ2) is 35.8. The van der Waals surface area contributed by atoms with Gasteiger partial charge in [0, 0.05) is 6.42 Å². The van der Waals surface area contributed by atoms with Crippen LogP contribution in [0.2, 0.25) is 0 Å². The number of aliphatic hydroxyl groups is 11. The highest BCUT2D eigenvalue weighted by atomic mass is 16.8. The van der Waals surface area contributed by atoms with Crippen molar-refractivity contribution in [2.24, 2.45) is 0 Å². The van der Waals surface area contributed by atoms with Crippen LogP contribution >= 0.6 is 0 Å². The predicted octanol–water partition coefficient (Wildman–Crippen LogP) is 1.97. The van der Waals surface area contributed by atoms with Crippen molar-refractivity contribution in [1.82, 2.24) is 5.32 Å². The van der Waals surface area contributed by atoms with Gasteiger partial charge in [-0.2, -0.15) is 0 Å². The van der Waals surface area contributed by atoms with Gasteiger partial charge in [0.15, 0.2) is 18.9 Å². The van der Waals surface area contributed by atoms with Gasteiger partial charge < -0.3 is 89.9 Å². The van der Waals surface area contributed by atoms with Crippen molar-refractivity contribution in [3.05, 3.63) is 48.6 Å². The second-order valence-corrected chi connectivity index (χ2v) is 18.6. The maximum Gasteiger partial charge on any atom is 0.220 e. The zero-order valence-corrected chi connectivity index (χ0v) is 41.5. The maximum absolute atomic E-state index is 13.1. The summed E-state index contributed by atoms with van der Waals surface area (Å²) in [5.74, 6) is -0.265. The average Bonchev–Trinajstić information content (AvgIpc) is 3.35. The summed E-state index contributed by atoms with van der Waals surface area (Å²) in [5.41, 5.74) is 0. The third-order valence-electron chi connectivity index (χ3n) is 12.9. The summed E-state index contributed by atoms with van der Waals surface area (Å²) in [6, 6.07) is -0.888. The van der Waals surface area contributed by atoms with E-state index in [1.54, 1.807) is 0 Å². The molecular weight excluding hydrogens is 915 g/mol. The SMILES string of the molecule is CC/C=C\C/C=C\C/C=C\C/C=C\CCCCCCCCCCC(=O)NC(COC1OC(CO)C(OC2OC(CO)C(OC3OC(CO)C(O)C(O)C3O)C(O)C2O)C(O)C1O)C(O)CCCCCC. The molecule has 17 atom stereocenters. The Morgan fingerprint density at radius 2 is 0.986 bits per heavy atom. The highest BCUT2D eigenvalue weighted by molar-refractivity contribution is 5.76. The normalized spacial score (nSPS) is 33.0. The van der Waals surface area contributed by atoms with Gasteiger partial charge in [-0.1, -0.05) is 127 Å². The Morgan fingerprint density at radius 1 is 0.529 bits per heavy atom. The van der Waals surface area contributed by atoms with Crippen molar-refractivity contribution in [1.29, 1.82) is 0 Å². The molecule has 3 saturated heterocycles. The van der Waals surface area contributed by atoms with Gasteiger partial charge in [-0.05, 0) is 51.4 Å². The highest BCUT2D eigenvalue weighted by Gasteiger charge is 2.53. The first kappa shape index (κ1) is 62.0. The van der Waals surface area contributed by atoms with E-state index < -0.39 is 124 Å². The Labute approximate surface area is 414 Å². The summed E-state index contributed by atoms with van der Waals surface area (Å²) < 4.78 is 34.0. The Morgan fingerprint density at radius 3 is 1.53 bits per heavy atom. The summed E-state index contributed by atoms with van der Waals surface area (Å²) in [6.07, 6.45) is 8.77. The number of carbonyl (C=O) groups excluding carboxylic acids is 1. The molecule has 19 heteroatoms. The fourth-order valence-electron chi connectivity index (χ4n) is 8.59. The lowest BCUT2D eigenvalue weighted by Crippen LogP contribution is -2.66. The fourth-order valence-corrected chi connectivity index (χ4v) is 8.59. The van der Waals surface area contributed by atoms with Gasteiger partial charge in [-0.3, -0.25) is 4.79 Å². The van der Waals surface area contributed by atoms with E-state index >= 15 is 0 Å². The Hall–Kier alpha value is -2.25. The summed E-state index contributed by atoms with van der Waals surface area (Å²) >= 11 is 0. The number of hydrogen-bond donors (Lipinski definition) is 12. The molecule has 0 aromatic carbocycles. The molecule has 17 unspecified atom stereocenters.